The minimum Gasteiger partial charge on any atom is -0.487 e. The quantitative estimate of drug-likeness (QED) is 0.632. The zero-order chi connectivity index (χ0) is 15.1. The molecule has 0 fully saturated rings. The number of nitrogens with one attached hydrogen (secondary N) is 1. The van der Waals surface area contributed by atoms with Crippen LogP contribution in [0.15, 0.2) is 61.2 Å². The first-order valence-electron chi connectivity index (χ1n) is 6.66. The van der Waals surface area contributed by atoms with E-state index in [0.717, 1.165) is 5.56 Å². The smallest absolute Gasteiger partial charge is 0.251 e. The van der Waals surface area contributed by atoms with Crippen LogP contribution in [-0.4, -0.2) is 12.5 Å². The molecular formula is C17H18N2O2. The van der Waals surface area contributed by atoms with Crippen LogP contribution in [0.5, 0.6) is 5.75 Å². The molecule has 0 atom stereocenters. The molecule has 0 heterocycles. The molecule has 108 valence electrons. The van der Waals surface area contributed by atoms with Crippen molar-refractivity contribution in [3.63, 3.8) is 0 Å². The van der Waals surface area contributed by atoms with E-state index in [1.54, 1.807) is 24.3 Å². The Morgan fingerprint density at radius 1 is 1.24 bits per heavy atom. The van der Waals surface area contributed by atoms with Gasteiger partial charge in [0.2, 0.25) is 0 Å². The van der Waals surface area contributed by atoms with Gasteiger partial charge in [-0.25, -0.2) is 0 Å². The summed E-state index contributed by atoms with van der Waals surface area (Å²) in [6.07, 6.45) is 1.63. The van der Waals surface area contributed by atoms with Crippen molar-refractivity contribution < 1.29 is 9.53 Å². The summed E-state index contributed by atoms with van der Waals surface area (Å²) in [5.74, 6) is 0.324. The minimum absolute atomic E-state index is 0.181. The molecule has 0 saturated heterocycles. The number of anilines is 1. The maximum absolute atomic E-state index is 11.9. The SMILES string of the molecule is C=CCNC(=O)c1ccc(N)c(OCc2ccccc2)c1. The van der Waals surface area contributed by atoms with Crippen molar-refractivity contribution in [2.24, 2.45) is 0 Å². The van der Waals surface area contributed by atoms with Crippen molar-refractivity contribution in [2.75, 3.05) is 12.3 Å². The minimum atomic E-state index is -0.181. The lowest BCUT2D eigenvalue weighted by atomic mass is 10.1. The van der Waals surface area contributed by atoms with E-state index in [1.807, 2.05) is 30.3 Å². The predicted octanol–water partition coefficient (Wildman–Crippen LogP) is 2.76. The van der Waals surface area contributed by atoms with Crippen LogP contribution in [-0.2, 0) is 6.61 Å². The van der Waals surface area contributed by atoms with Crippen molar-refractivity contribution in [3.8, 4) is 5.75 Å². The molecule has 0 aromatic heterocycles. The van der Waals surface area contributed by atoms with Crippen molar-refractivity contribution in [1.82, 2.24) is 5.32 Å². The molecule has 1 amide bonds. The lowest BCUT2D eigenvalue weighted by Gasteiger charge is -2.11. The van der Waals surface area contributed by atoms with Crippen LogP contribution in [0.2, 0.25) is 0 Å². The number of amides is 1. The molecule has 0 aliphatic heterocycles. The first kappa shape index (κ1) is 14.7. The van der Waals surface area contributed by atoms with Crippen molar-refractivity contribution in [1.29, 1.82) is 0 Å². The first-order chi connectivity index (χ1) is 10.2. The molecule has 4 heteroatoms. The van der Waals surface area contributed by atoms with Gasteiger partial charge in [0, 0.05) is 12.1 Å². The highest BCUT2D eigenvalue weighted by Gasteiger charge is 2.08. The summed E-state index contributed by atoms with van der Waals surface area (Å²) in [5.41, 5.74) is 7.94. The summed E-state index contributed by atoms with van der Waals surface area (Å²) in [5, 5.41) is 2.72. The van der Waals surface area contributed by atoms with Gasteiger partial charge in [-0.05, 0) is 23.8 Å². The van der Waals surface area contributed by atoms with E-state index >= 15 is 0 Å². The van der Waals surface area contributed by atoms with Crippen LogP contribution >= 0.6 is 0 Å². The second kappa shape index (κ2) is 7.14. The van der Waals surface area contributed by atoms with E-state index in [2.05, 4.69) is 11.9 Å². The highest BCUT2D eigenvalue weighted by Crippen LogP contribution is 2.23. The van der Waals surface area contributed by atoms with Crippen molar-refractivity contribution in [2.45, 2.75) is 6.61 Å². The standard InChI is InChI=1S/C17H18N2O2/c1-2-10-19-17(20)14-8-9-15(18)16(11-14)21-12-13-6-4-3-5-7-13/h2-9,11H,1,10,12,18H2,(H,19,20). The Kier molecular flexibility index (Phi) is 4.99. The number of hydrogen-bond donors (Lipinski definition) is 2. The summed E-state index contributed by atoms with van der Waals surface area (Å²) in [6, 6.07) is 14.8. The largest absolute Gasteiger partial charge is 0.487 e. The molecule has 0 bridgehead atoms. The molecule has 3 N–H and O–H groups in total. The zero-order valence-electron chi connectivity index (χ0n) is 11.7. The molecule has 0 saturated carbocycles. The first-order valence-corrected chi connectivity index (χ1v) is 6.66. The lowest BCUT2D eigenvalue weighted by molar-refractivity contribution is 0.0957. The number of nitrogens with two attached hydrogens (primary N) is 1. The van der Waals surface area contributed by atoms with Gasteiger partial charge in [0.1, 0.15) is 12.4 Å². The molecular weight excluding hydrogens is 264 g/mol. The highest BCUT2D eigenvalue weighted by atomic mass is 16.5. The molecule has 0 aliphatic carbocycles. The van der Waals surface area contributed by atoms with Gasteiger partial charge in [0.05, 0.1) is 5.69 Å². The van der Waals surface area contributed by atoms with Crippen LogP contribution in [0.4, 0.5) is 5.69 Å². The van der Waals surface area contributed by atoms with Gasteiger partial charge in [-0.15, -0.1) is 6.58 Å². The van der Waals surface area contributed by atoms with E-state index in [9.17, 15) is 4.79 Å². The van der Waals surface area contributed by atoms with Crippen LogP contribution < -0.4 is 15.8 Å². The molecule has 4 nitrogen and oxygen atoms in total. The monoisotopic (exact) mass is 282 g/mol. The van der Waals surface area contributed by atoms with Gasteiger partial charge in [-0.2, -0.15) is 0 Å². The molecule has 21 heavy (non-hydrogen) atoms. The lowest BCUT2D eigenvalue weighted by Crippen LogP contribution is -2.23. The fourth-order valence-electron chi connectivity index (χ4n) is 1.80. The Morgan fingerprint density at radius 2 is 2.00 bits per heavy atom. The number of ether oxygens (including phenoxy) is 1. The third-order valence-corrected chi connectivity index (χ3v) is 2.92. The van der Waals surface area contributed by atoms with E-state index in [0.29, 0.717) is 30.2 Å². The Bertz CT molecular complexity index is 624. The fourth-order valence-corrected chi connectivity index (χ4v) is 1.80. The second-order valence-corrected chi connectivity index (χ2v) is 4.53. The van der Waals surface area contributed by atoms with Gasteiger partial charge in [-0.1, -0.05) is 36.4 Å². The number of benzene rings is 2. The maximum atomic E-state index is 11.9. The third-order valence-electron chi connectivity index (χ3n) is 2.92. The summed E-state index contributed by atoms with van der Waals surface area (Å²) in [6.45, 7) is 4.39. The Hall–Kier alpha value is -2.75. The number of carbonyl (C=O) groups is 1. The molecule has 2 aromatic carbocycles. The van der Waals surface area contributed by atoms with E-state index in [-0.39, 0.29) is 5.91 Å². The van der Waals surface area contributed by atoms with Crippen LogP contribution in [0.3, 0.4) is 0 Å². The average molecular weight is 282 g/mol. The van der Waals surface area contributed by atoms with Gasteiger partial charge in [0.15, 0.2) is 0 Å². The number of nitrogen functional groups attached to an aromatic ring is 1. The Labute approximate surface area is 124 Å². The zero-order valence-corrected chi connectivity index (χ0v) is 11.7. The number of carbonyl (C=O) groups excluding carboxylic acids is 1. The fraction of sp³-hybridized carbons (Fsp3) is 0.118. The van der Waals surface area contributed by atoms with Crippen LogP contribution in [0.1, 0.15) is 15.9 Å². The maximum Gasteiger partial charge on any atom is 0.251 e. The van der Waals surface area contributed by atoms with Gasteiger partial charge < -0.3 is 15.8 Å². The molecule has 0 spiro atoms. The number of rotatable bonds is 6. The van der Waals surface area contributed by atoms with Gasteiger partial charge >= 0.3 is 0 Å². The second-order valence-electron chi connectivity index (χ2n) is 4.53. The Balaban J connectivity index is 2.08. The molecule has 2 rings (SSSR count). The highest BCUT2D eigenvalue weighted by molar-refractivity contribution is 5.95. The van der Waals surface area contributed by atoms with E-state index < -0.39 is 0 Å². The normalized spacial score (nSPS) is 9.90. The summed E-state index contributed by atoms with van der Waals surface area (Å²) < 4.78 is 5.69. The van der Waals surface area contributed by atoms with Gasteiger partial charge in [0.25, 0.3) is 5.91 Å². The van der Waals surface area contributed by atoms with E-state index in [1.165, 1.54) is 0 Å². The molecule has 0 radical (unpaired) electrons. The summed E-state index contributed by atoms with van der Waals surface area (Å²) in [4.78, 5) is 11.9. The van der Waals surface area contributed by atoms with Crippen molar-refractivity contribution in [3.05, 3.63) is 72.3 Å². The summed E-state index contributed by atoms with van der Waals surface area (Å²) >= 11 is 0. The third kappa shape index (κ3) is 4.11. The Morgan fingerprint density at radius 3 is 2.71 bits per heavy atom. The van der Waals surface area contributed by atoms with Crippen LogP contribution in [0, 0.1) is 0 Å². The van der Waals surface area contributed by atoms with Gasteiger partial charge in [-0.3, -0.25) is 4.79 Å². The predicted molar refractivity (Wildman–Crippen MR) is 84.2 cm³/mol. The topological polar surface area (TPSA) is 64.4 Å². The van der Waals surface area contributed by atoms with E-state index in [4.69, 9.17) is 10.5 Å². The summed E-state index contributed by atoms with van der Waals surface area (Å²) in [7, 11) is 0. The molecule has 0 unspecified atom stereocenters. The van der Waals surface area contributed by atoms with Crippen LogP contribution in [0.25, 0.3) is 0 Å². The average Bonchev–Trinajstić information content (AvgIpc) is 2.52. The number of hydrogen-bond acceptors (Lipinski definition) is 3. The molecule has 0 aliphatic rings. The van der Waals surface area contributed by atoms with Crippen molar-refractivity contribution >= 4 is 11.6 Å². The molecule has 2 aromatic rings.